The lowest BCUT2D eigenvalue weighted by Crippen LogP contribution is -2.38. The van der Waals surface area contributed by atoms with Crippen LogP contribution < -0.4 is 21.1 Å². The molecule has 4 N–H and O–H groups in total. The Labute approximate surface area is 118 Å². The largest absolute Gasteiger partial charge is 0.548 e. The predicted octanol–water partition coefficient (Wildman–Crippen LogP) is -2.22. The van der Waals surface area contributed by atoms with E-state index in [2.05, 4.69) is 10.3 Å². The molecule has 0 aliphatic rings. The van der Waals surface area contributed by atoms with Gasteiger partial charge in [0, 0.05) is 0 Å². The zero-order valence-electron chi connectivity index (χ0n) is 10.1. The van der Waals surface area contributed by atoms with Crippen LogP contribution in [0.4, 0.5) is 5.82 Å². The summed E-state index contributed by atoms with van der Waals surface area (Å²) in [7, 11) is 0. The van der Waals surface area contributed by atoms with E-state index in [-0.39, 0.29) is 22.7 Å². The molecule has 0 bridgehead atoms. The van der Waals surface area contributed by atoms with Crippen LogP contribution in [-0.4, -0.2) is 24.2 Å². The van der Waals surface area contributed by atoms with E-state index in [9.17, 15) is 14.7 Å². The fraction of sp³-hybridized carbons (Fsp3) is 0.182. The van der Waals surface area contributed by atoms with Crippen LogP contribution in [0.2, 0.25) is 0 Å². The molecule has 0 aromatic carbocycles. The number of rotatable bonds is 5. The number of H-pyrrole nitrogens is 1. The molecule has 1 heterocycles. The van der Waals surface area contributed by atoms with Gasteiger partial charge in [0.15, 0.2) is 5.03 Å². The molecule has 1 amide bonds. The molecule has 9 heteroatoms. The average Bonchev–Trinajstić information content (AvgIpc) is 2.42. The summed E-state index contributed by atoms with van der Waals surface area (Å²) in [5.41, 5.74) is 5.88. The zero-order valence-corrected chi connectivity index (χ0v) is 10.9. The summed E-state index contributed by atoms with van der Waals surface area (Å²) in [5, 5.41) is 30.3. The number of carbonyl (C=O) groups excluding carboxylic acids is 2. The van der Waals surface area contributed by atoms with Gasteiger partial charge in [-0.05, 0) is 6.07 Å². The zero-order chi connectivity index (χ0) is 15.1. The molecular weight excluding hydrogens is 282 g/mol. The normalized spacial score (nSPS) is 9.30. The first-order valence-electron chi connectivity index (χ1n) is 5.23. The number of carboxylic acids is 1. The minimum atomic E-state index is -1.39. The quantitative estimate of drug-likeness (QED) is 0.582. The first-order chi connectivity index (χ1) is 9.47. The molecule has 1 aromatic rings. The molecule has 0 aliphatic heterocycles. The van der Waals surface area contributed by atoms with E-state index in [1.165, 1.54) is 6.07 Å². The van der Waals surface area contributed by atoms with Crippen molar-refractivity contribution in [1.29, 1.82) is 10.5 Å². The molecule has 8 nitrogen and oxygen atoms in total. The molecule has 1 aromatic heterocycles. The van der Waals surface area contributed by atoms with Gasteiger partial charge in [0.05, 0.1) is 18.3 Å². The molecule has 102 valence electrons. The van der Waals surface area contributed by atoms with E-state index in [1.54, 1.807) is 0 Å². The highest BCUT2D eigenvalue weighted by molar-refractivity contribution is 7.99. The number of aromatic amines is 1. The van der Waals surface area contributed by atoms with Crippen LogP contribution in [0.1, 0.15) is 11.1 Å². The molecule has 1 rings (SSSR count). The Bertz CT molecular complexity index is 632. The predicted molar refractivity (Wildman–Crippen MR) is 65.6 cm³/mol. The number of carbonyl (C=O) groups is 2. The minimum Gasteiger partial charge on any atom is -0.548 e. The summed E-state index contributed by atoms with van der Waals surface area (Å²) in [6.45, 7) is -0.580. The van der Waals surface area contributed by atoms with Gasteiger partial charge in [0.2, 0.25) is 5.91 Å². The lowest BCUT2D eigenvalue weighted by Gasteiger charge is -2.05. The SMILES string of the molecule is N#Cc1cc(C#N)c(SCC(=O)NCC(=O)[O-])[nH+]c1N. The van der Waals surface area contributed by atoms with Crippen LogP contribution in [0.3, 0.4) is 0 Å². The van der Waals surface area contributed by atoms with Crippen molar-refractivity contribution < 1.29 is 19.7 Å². The Hall–Kier alpha value is -2.78. The van der Waals surface area contributed by atoms with Gasteiger partial charge in [-0.3, -0.25) is 10.5 Å². The third-order valence-electron chi connectivity index (χ3n) is 2.09. The van der Waals surface area contributed by atoms with Gasteiger partial charge in [-0.15, -0.1) is 0 Å². The van der Waals surface area contributed by atoms with Crippen molar-refractivity contribution in [2.75, 3.05) is 18.0 Å². The third kappa shape index (κ3) is 4.15. The average molecular weight is 291 g/mol. The Morgan fingerprint density at radius 1 is 1.40 bits per heavy atom. The fourth-order valence-corrected chi connectivity index (χ4v) is 2.01. The maximum atomic E-state index is 11.3. The van der Waals surface area contributed by atoms with Crippen LogP contribution in [-0.2, 0) is 9.59 Å². The Morgan fingerprint density at radius 2 is 2.05 bits per heavy atom. The first-order valence-corrected chi connectivity index (χ1v) is 6.21. The highest BCUT2D eigenvalue weighted by Crippen LogP contribution is 2.19. The van der Waals surface area contributed by atoms with Crippen LogP contribution in [0.15, 0.2) is 11.1 Å². The number of aliphatic carboxylic acids is 1. The molecule has 0 radical (unpaired) electrons. The number of nitriles is 2. The summed E-state index contributed by atoms with van der Waals surface area (Å²) in [4.78, 5) is 24.1. The fourth-order valence-electron chi connectivity index (χ4n) is 1.19. The van der Waals surface area contributed by atoms with Crippen LogP contribution in [0.25, 0.3) is 0 Å². The van der Waals surface area contributed by atoms with E-state index in [4.69, 9.17) is 16.3 Å². The molecular formula is C11H9N5O3S. The number of carboxylic acid groups (broad SMARTS) is 1. The number of nitrogens with zero attached hydrogens (tertiary/aromatic N) is 2. The number of amides is 1. The standard InChI is InChI=1S/C11H9N5O3S/c12-2-6-1-7(3-13)11(16-10(6)14)20-5-8(17)15-4-9(18)19/h1H,4-5H2,(H2,14,16)(H,15,17)(H,18,19). The van der Waals surface area contributed by atoms with E-state index >= 15 is 0 Å². The number of anilines is 1. The molecule has 20 heavy (non-hydrogen) atoms. The number of thioether (sulfide) groups is 1. The lowest BCUT2D eigenvalue weighted by atomic mass is 10.2. The second-order valence-electron chi connectivity index (χ2n) is 3.50. The van der Waals surface area contributed by atoms with Gasteiger partial charge in [0.1, 0.15) is 23.3 Å². The van der Waals surface area contributed by atoms with Gasteiger partial charge in [-0.1, -0.05) is 11.8 Å². The number of nitrogen functional groups attached to an aromatic ring is 1. The van der Waals surface area contributed by atoms with Gasteiger partial charge in [-0.25, -0.2) is 4.98 Å². The van der Waals surface area contributed by atoms with Gasteiger partial charge in [-0.2, -0.15) is 10.5 Å². The van der Waals surface area contributed by atoms with Crippen molar-refractivity contribution in [3.63, 3.8) is 0 Å². The third-order valence-corrected chi connectivity index (χ3v) is 3.11. The summed E-state index contributed by atoms with van der Waals surface area (Å²) >= 11 is 0.972. The minimum absolute atomic E-state index is 0.0872. The number of hydrogen-bond acceptors (Lipinski definition) is 7. The number of pyridine rings is 1. The van der Waals surface area contributed by atoms with E-state index in [0.29, 0.717) is 5.03 Å². The summed E-state index contributed by atoms with van der Waals surface area (Å²) < 4.78 is 0. The summed E-state index contributed by atoms with van der Waals surface area (Å²) in [6, 6.07) is 5.02. The summed E-state index contributed by atoms with van der Waals surface area (Å²) in [6.07, 6.45) is 0. The van der Waals surface area contributed by atoms with Gasteiger partial charge in [0.25, 0.3) is 5.82 Å². The second-order valence-corrected chi connectivity index (χ2v) is 4.49. The molecule has 0 spiro atoms. The highest BCUT2D eigenvalue weighted by Gasteiger charge is 2.15. The number of nitrogens with one attached hydrogen (secondary N) is 2. The molecule has 0 saturated carbocycles. The van der Waals surface area contributed by atoms with Crippen molar-refractivity contribution in [3.8, 4) is 12.1 Å². The highest BCUT2D eigenvalue weighted by atomic mass is 32.2. The maximum absolute atomic E-state index is 11.3. The molecule has 0 unspecified atom stereocenters. The van der Waals surface area contributed by atoms with E-state index in [1.807, 2.05) is 12.1 Å². The van der Waals surface area contributed by atoms with Gasteiger partial charge < -0.3 is 15.2 Å². The number of hydrogen-bond donors (Lipinski definition) is 2. The molecule has 0 aliphatic carbocycles. The van der Waals surface area contributed by atoms with Crippen molar-refractivity contribution in [2.45, 2.75) is 5.03 Å². The van der Waals surface area contributed by atoms with Crippen molar-refractivity contribution >= 4 is 29.5 Å². The number of aromatic nitrogens is 1. The smallest absolute Gasteiger partial charge is 0.289 e. The van der Waals surface area contributed by atoms with Crippen molar-refractivity contribution in [1.82, 2.24) is 5.32 Å². The van der Waals surface area contributed by atoms with E-state index < -0.39 is 18.4 Å². The maximum Gasteiger partial charge on any atom is 0.289 e. The Morgan fingerprint density at radius 3 is 2.60 bits per heavy atom. The van der Waals surface area contributed by atoms with Crippen molar-refractivity contribution in [2.24, 2.45) is 0 Å². The Kier molecular flexibility index (Phi) is 5.32. The van der Waals surface area contributed by atoms with Crippen molar-refractivity contribution in [3.05, 3.63) is 17.2 Å². The second kappa shape index (κ2) is 6.97. The monoisotopic (exact) mass is 291 g/mol. The van der Waals surface area contributed by atoms with E-state index in [0.717, 1.165) is 11.8 Å². The molecule has 0 saturated heterocycles. The van der Waals surface area contributed by atoms with Gasteiger partial charge >= 0.3 is 0 Å². The van der Waals surface area contributed by atoms with Crippen LogP contribution in [0.5, 0.6) is 0 Å². The van der Waals surface area contributed by atoms with Crippen LogP contribution >= 0.6 is 11.8 Å². The molecule has 0 atom stereocenters. The lowest BCUT2D eigenvalue weighted by molar-refractivity contribution is -0.410. The topological polar surface area (TPSA) is 157 Å². The number of nitrogens with two attached hydrogens (primary N) is 1. The molecule has 0 fully saturated rings. The first kappa shape index (κ1) is 15.3. The summed E-state index contributed by atoms with van der Waals surface area (Å²) in [5.74, 6) is -1.94. The van der Waals surface area contributed by atoms with Crippen LogP contribution in [0, 0.1) is 22.7 Å². The Balaban J connectivity index is 2.76.